The molecule has 1 N–H and O–H groups in total. The maximum Gasteiger partial charge on any atom is 0.0589 e. The first-order chi connectivity index (χ1) is 9.44. The first-order valence-corrected chi connectivity index (χ1v) is 7.91. The second kappa shape index (κ2) is 8.57. The van der Waals surface area contributed by atoms with Gasteiger partial charge in [0, 0.05) is 48.6 Å². The molecule has 0 aliphatic carbocycles. The molecule has 0 amide bonds. The number of ether oxygens (including phenoxy) is 1. The van der Waals surface area contributed by atoms with E-state index in [9.17, 15) is 0 Å². The molecule has 3 nitrogen and oxygen atoms in total. The standard InChI is InChI=1S/C16H28N2OS/c1-6-9-18(10-11-19-5)13-15-8-7-14(20-15)12-17-16(2,3)4/h6-8,17H,1,9-13H2,2-5H3. The molecular formula is C16H28N2OS. The van der Waals surface area contributed by atoms with Gasteiger partial charge >= 0.3 is 0 Å². The van der Waals surface area contributed by atoms with Crippen LogP contribution in [0.1, 0.15) is 30.5 Å². The lowest BCUT2D eigenvalue weighted by Crippen LogP contribution is -2.34. The van der Waals surface area contributed by atoms with Crippen LogP contribution < -0.4 is 5.32 Å². The maximum absolute atomic E-state index is 5.16. The fourth-order valence-corrected chi connectivity index (χ4v) is 2.81. The van der Waals surface area contributed by atoms with Gasteiger partial charge in [0.05, 0.1) is 6.61 Å². The highest BCUT2D eigenvalue weighted by molar-refractivity contribution is 7.11. The average Bonchev–Trinajstić information content (AvgIpc) is 2.81. The number of thiophene rings is 1. The van der Waals surface area contributed by atoms with Crippen LogP contribution >= 0.6 is 11.3 Å². The van der Waals surface area contributed by atoms with E-state index in [2.05, 4.69) is 49.7 Å². The second-order valence-electron chi connectivity index (χ2n) is 5.99. The van der Waals surface area contributed by atoms with Crippen LogP contribution in [-0.2, 0) is 17.8 Å². The van der Waals surface area contributed by atoms with E-state index in [1.165, 1.54) is 9.75 Å². The van der Waals surface area contributed by atoms with E-state index in [0.29, 0.717) is 0 Å². The third kappa shape index (κ3) is 7.20. The first kappa shape index (κ1) is 17.4. The Labute approximate surface area is 127 Å². The lowest BCUT2D eigenvalue weighted by atomic mass is 10.1. The maximum atomic E-state index is 5.16. The Morgan fingerprint density at radius 1 is 1.35 bits per heavy atom. The van der Waals surface area contributed by atoms with Crippen molar-refractivity contribution in [3.8, 4) is 0 Å². The Kier molecular flexibility index (Phi) is 7.45. The summed E-state index contributed by atoms with van der Waals surface area (Å²) >= 11 is 1.88. The third-order valence-corrected chi connectivity index (χ3v) is 3.96. The molecule has 0 aromatic carbocycles. The molecule has 0 fully saturated rings. The molecule has 0 unspecified atom stereocenters. The normalized spacial score (nSPS) is 12.1. The molecule has 1 aromatic heterocycles. The summed E-state index contributed by atoms with van der Waals surface area (Å²) in [4.78, 5) is 5.14. The van der Waals surface area contributed by atoms with Crippen LogP contribution in [0.4, 0.5) is 0 Å². The van der Waals surface area contributed by atoms with Crippen molar-refractivity contribution in [2.45, 2.75) is 39.4 Å². The van der Waals surface area contributed by atoms with Gasteiger partial charge in [0.1, 0.15) is 0 Å². The molecule has 0 radical (unpaired) electrons. The molecule has 1 aromatic rings. The van der Waals surface area contributed by atoms with Gasteiger partial charge in [-0.05, 0) is 32.9 Å². The molecule has 114 valence electrons. The number of hydrogen-bond donors (Lipinski definition) is 1. The molecule has 0 saturated carbocycles. The van der Waals surface area contributed by atoms with Crippen LogP contribution in [0.3, 0.4) is 0 Å². The second-order valence-corrected chi connectivity index (χ2v) is 7.24. The number of nitrogens with one attached hydrogen (secondary N) is 1. The molecule has 0 bridgehead atoms. The van der Waals surface area contributed by atoms with Crippen molar-refractivity contribution in [2.24, 2.45) is 0 Å². The lowest BCUT2D eigenvalue weighted by molar-refractivity contribution is 0.151. The Balaban J connectivity index is 2.50. The first-order valence-electron chi connectivity index (χ1n) is 7.09. The van der Waals surface area contributed by atoms with E-state index in [1.54, 1.807) is 7.11 Å². The van der Waals surface area contributed by atoms with Gasteiger partial charge in [-0.2, -0.15) is 0 Å². The summed E-state index contributed by atoms with van der Waals surface area (Å²) in [6, 6.07) is 4.45. The van der Waals surface area contributed by atoms with Gasteiger partial charge in [-0.1, -0.05) is 6.08 Å². The number of rotatable bonds is 9. The highest BCUT2D eigenvalue weighted by Crippen LogP contribution is 2.19. The molecule has 20 heavy (non-hydrogen) atoms. The molecule has 0 saturated heterocycles. The number of hydrogen-bond acceptors (Lipinski definition) is 4. The Morgan fingerprint density at radius 3 is 2.65 bits per heavy atom. The molecule has 0 atom stereocenters. The molecule has 0 aliphatic rings. The van der Waals surface area contributed by atoms with Crippen LogP contribution in [0.2, 0.25) is 0 Å². The fourth-order valence-electron chi connectivity index (χ4n) is 1.81. The molecule has 1 heterocycles. The predicted octanol–water partition coefficient (Wildman–Crippen LogP) is 3.27. The predicted molar refractivity (Wildman–Crippen MR) is 88.3 cm³/mol. The third-order valence-electron chi connectivity index (χ3n) is 2.89. The van der Waals surface area contributed by atoms with Crippen molar-refractivity contribution in [3.05, 3.63) is 34.5 Å². The summed E-state index contributed by atoms with van der Waals surface area (Å²) in [5.41, 5.74) is 0.164. The zero-order valence-electron chi connectivity index (χ0n) is 13.2. The van der Waals surface area contributed by atoms with E-state index in [4.69, 9.17) is 4.74 Å². The van der Waals surface area contributed by atoms with Crippen LogP contribution in [0.5, 0.6) is 0 Å². The van der Waals surface area contributed by atoms with Gasteiger partial charge in [0.15, 0.2) is 0 Å². The fraction of sp³-hybridized carbons (Fsp3) is 0.625. The smallest absolute Gasteiger partial charge is 0.0589 e. The Bertz CT molecular complexity index is 395. The monoisotopic (exact) mass is 296 g/mol. The summed E-state index contributed by atoms with van der Waals surface area (Å²) in [5.74, 6) is 0. The quantitative estimate of drug-likeness (QED) is 0.708. The number of methoxy groups -OCH3 is 1. The molecule has 1 rings (SSSR count). The SMILES string of the molecule is C=CCN(CCOC)Cc1ccc(CNC(C)(C)C)s1. The van der Waals surface area contributed by atoms with Crippen LogP contribution in [0.15, 0.2) is 24.8 Å². The zero-order valence-corrected chi connectivity index (χ0v) is 14.1. The average molecular weight is 296 g/mol. The van der Waals surface area contributed by atoms with Crippen molar-refractivity contribution in [2.75, 3.05) is 26.8 Å². The van der Waals surface area contributed by atoms with Crippen molar-refractivity contribution in [1.29, 1.82) is 0 Å². The van der Waals surface area contributed by atoms with E-state index >= 15 is 0 Å². The largest absolute Gasteiger partial charge is 0.383 e. The summed E-state index contributed by atoms with van der Waals surface area (Å²) in [6.45, 7) is 14.9. The van der Waals surface area contributed by atoms with Gasteiger partial charge in [-0.25, -0.2) is 0 Å². The summed E-state index contributed by atoms with van der Waals surface area (Å²) < 4.78 is 5.16. The molecular weight excluding hydrogens is 268 g/mol. The van der Waals surface area contributed by atoms with Crippen LogP contribution in [0, 0.1) is 0 Å². The van der Waals surface area contributed by atoms with Crippen molar-refractivity contribution < 1.29 is 4.74 Å². The van der Waals surface area contributed by atoms with E-state index in [1.807, 2.05) is 17.4 Å². The van der Waals surface area contributed by atoms with Gasteiger partial charge in [-0.3, -0.25) is 4.90 Å². The van der Waals surface area contributed by atoms with Crippen LogP contribution in [0.25, 0.3) is 0 Å². The molecule has 0 spiro atoms. The minimum atomic E-state index is 0.164. The molecule has 4 heteroatoms. The Morgan fingerprint density at radius 2 is 2.05 bits per heavy atom. The summed E-state index contributed by atoms with van der Waals surface area (Å²) in [7, 11) is 1.74. The van der Waals surface area contributed by atoms with Crippen molar-refractivity contribution in [1.82, 2.24) is 10.2 Å². The van der Waals surface area contributed by atoms with Gasteiger partial charge in [-0.15, -0.1) is 17.9 Å². The van der Waals surface area contributed by atoms with E-state index < -0.39 is 0 Å². The van der Waals surface area contributed by atoms with Gasteiger partial charge in [0.2, 0.25) is 0 Å². The Hall–Kier alpha value is -0.680. The van der Waals surface area contributed by atoms with Crippen molar-refractivity contribution >= 4 is 11.3 Å². The van der Waals surface area contributed by atoms with E-state index in [-0.39, 0.29) is 5.54 Å². The van der Waals surface area contributed by atoms with Crippen LogP contribution in [-0.4, -0.2) is 37.2 Å². The van der Waals surface area contributed by atoms with E-state index in [0.717, 1.165) is 32.8 Å². The summed E-state index contributed by atoms with van der Waals surface area (Å²) in [5, 5.41) is 3.52. The minimum Gasteiger partial charge on any atom is -0.383 e. The lowest BCUT2D eigenvalue weighted by Gasteiger charge is -2.20. The topological polar surface area (TPSA) is 24.5 Å². The highest BCUT2D eigenvalue weighted by atomic mass is 32.1. The van der Waals surface area contributed by atoms with Gasteiger partial charge in [0.25, 0.3) is 0 Å². The number of nitrogens with zero attached hydrogens (tertiary/aromatic N) is 1. The molecule has 0 aliphatic heterocycles. The van der Waals surface area contributed by atoms with Crippen molar-refractivity contribution in [3.63, 3.8) is 0 Å². The van der Waals surface area contributed by atoms with Gasteiger partial charge < -0.3 is 10.1 Å². The zero-order chi connectivity index (χ0) is 15.0. The summed E-state index contributed by atoms with van der Waals surface area (Å²) in [6.07, 6.45) is 1.95. The highest BCUT2D eigenvalue weighted by Gasteiger charge is 2.10. The minimum absolute atomic E-state index is 0.164.